The first-order valence-corrected chi connectivity index (χ1v) is 20.1. The second-order valence-corrected chi connectivity index (χ2v) is 15.8. The molecule has 2 aromatic heterocycles. The van der Waals surface area contributed by atoms with Gasteiger partial charge in [0.15, 0.2) is 0 Å². The number of nitrogens with zero attached hydrogens (tertiary/aromatic N) is 3. The molecule has 0 saturated carbocycles. The first-order valence-electron chi connectivity index (χ1n) is 23.6. The number of pyridine rings is 1. The molecule has 304 valence electrons. The van der Waals surface area contributed by atoms with E-state index in [0.717, 1.165) is 44.5 Å². The van der Waals surface area contributed by atoms with Crippen molar-refractivity contribution >= 4 is 11.0 Å². The third-order valence-corrected chi connectivity index (χ3v) is 11.1. The molecule has 1 N–H and O–H groups in total. The largest absolute Gasteiger partial charge is 0.507 e. The van der Waals surface area contributed by atoms with Crippen molar-refractivity contribution in [2.45, 2.75) is 53.2 Å². The maximum Gasteiger partial charge on any atom is 0.148 e. The van der Waals surface area contributed by atoms with Crippen LogP contribution in [0.2, 0.25) is 0 Å². The van der Waals surface area contributed by atoms with Crippen molar-refractivity contribution in [1.29, 1.82) is 0 Å². The number of aromatic hydroxyl groups is 1. The fraction of sp³-hybridized carbons (Fsp3) is 0.143. The Kier molecular flexibility index (Phi) is 9.48. The molecule has 0 unspecified atom stereocenters. The van der Waals surface area contributed by atoms with Crippen LogP contribution in [0.5, 0.6) is 5.75 Å². The molecule has 61 heavy (non-hydrogen) atoms. The first-order chi connectivity index (χ1) is 31.8. The number of hydrogen-bond donors (Lipinski definition) is 1. The molecular formula is C56H48N3OPt-. The number of para-hydroxylation sites is 2. The summed E-state index contributed by atoms with van der Waals surface area (Å²) in [7, 11) is 0. The van der Waals surface area contributed by atoms with Crippen molar-refractivity contribution in [3.63, 3.8) is 0 Å². The Hall–Kier alpha value is -6.35. The molecule has 0 bridgehead atoms. The normalized spacial score (nSPS) is 13.6. The Labute approximate surface area is 383 Å². The van der Waals surface area contributed by atoms with Crippen molar-refractivity contribution in [3.8, 4) is 78.6 Å². The van der Waals surface area contributed by atoms with Crippen molar-refractivity contribution in [2.75, 3.05) is 0 Å². The van der Waals surface area contributed by atoms with Gasteiger partial charge < -0.3 is 5.11 Å². The molecule has 0 radical (unpaired) electrons. The van der Waals surface area contributed by atoms with Crippen molar-refractivity contribution in [2.24, 2.45) is 0 Å². The molecule has 0 fully saturated rings. The van der Waals surface area contributed by atoms with Gasteiger partial charge in [0.25, 0.3) is 0 Å². The van der Waals surface area contributed by atoms with Gasteiger partial charge in [0, 0.05) is 42.6 Å². The molecular weight excluding hydrogens is 926 g/mol. The van der Waals surface area contributed by atoms with Crippen LogP contribution in [0.4, 0.5) is 0 Å². The molecule has 5 heteroatoms. The maximum atomic E-state index is 11.4. The summed E-state index contributed by atoms with van der Waals surface area (Å²) in [6.45, 7) is 3.14. The summed E-state index contributed by atoms with van der Waals surface area (Å²) in [4.78, 5) is 10.1. The van der Waals surface area contributed by atoms with Crippen LogP contribution in [-0.4, -0.2) is 19.6 Å². The van der Waals surface area contributed by atoms with Gasteiger partial charge in [0.1, 0.15) is 11.6 Å². The number of phenolic OH excluding ortho intramolecular Hbond substituents is 1. The van der Waals surface area contributed by atoms with Crippen molar-refractivity contribution < 1.29 is 35.8 Å². The maximum absolute atomic E-state index is 11.4. The summed E-state index contributed by atoms with van der Waals surface area (Å²) in [6.07, 6.45) is 1.73. The zero-order valence-corrected chi connectivity index (χ0v) is 36.5. The number of hydrogen-bond acceptors (Lipinski definition) is 3. The van der Waals surface area contributed by atoms with Crippen LogP contribution in [0.15, 0.2) is 164 Å². The van der Waals surface area contributed by atoms with Crippen LogP contribution >= 0.6 is 0 Å². The van der Waals surface area contributed by atoms with E-state index in [4.69, 9.17) is 19.6 Å². The standard InChI is InChI=1S/C56H48N3O.Pt/c1-35(2)43-28-44(36(3)4)30-46(29-43)41-23-24-52(38(6)27-41)59-53-17-12-16-49(55(53)58-56(59)50-15-10-11-18-54(50)60)47-31-45(39-13-8-7-9-14-39)32-48(33-47)51-34-42(25-26-57-51)40-21-19-37(5)20-22-40;/h7-32,34-36,60H,1-6H3;/q-1;/i5D3,6D3,35D;. The minimum absolute atomic E-state index is 0. The summed E-state index contributed by atoms with van der Waals surface area (Å²) in [5, 5.41) is 11.4. The molecule has 4 nitrogen and oxygen atoms in total. The van der Waals surface area contributed by atoms with Crippen LogP contribution < -0.4 is 0 Å². The Morgan fingerprint density at radius 2 is 1.30 bits per heavy atom. The Bertz CT molecular complexity index is 3300. The molecule has 0 aliphatic rings. The summed E-state index contributed by atoms with van der Waals surface area (Å²) < 4.78 is 60.9. The Morgan fingerprint density at radius 1 is 0.607 bits per heavy atom. The topological polar surface area (TPSA) is 50.9 Å². The molecule has 0 spiro atoms. The van der Waals surface area contributed by atoms with Crippen LogP contribution in [0.25, 0.3) is 83.9 Å². The van der Waals surface area contributed by atoms with E-state index >= 15 is 0 Å². The van der Waals surface area contributed by atoms with Gasteiger partial charge in [-0.05, 0) is 106 Å². The van der Waals surface area contributed by atoms with Gasteiger partial charge in [-0.3, -0.25) is 9.55 Å². The zero-order chi connectivity index (χ0) is 47.4. The van der Waals surface area contributed by atoms with E-state index in [2.05, 4.69) is 38.1 Å². The Balaban J connectivity index is 0.00000625. The van der Waals surface area contributed by atoms with Crippen LogP contribution in [0.3, 0.4) is 0 Å². The van der Waals surface area contributed by atoms with E-state index in [1.54, 1.807) is 54.7 Å². The van der Waals surface area contributed by atoms with E-state index in [1.807, 2.05) is 109 Å². The van der Waals surface area contributed by atoms with Gasteiger partial charge in [-0.1, -0.05) is 159 Å². The number of benzene rings is 7. The molecule has 0 aliphatic heterocycles. The average molecular weight is 981 g/mol. The fourth-order valence-corrected chi connectivity index (χ4v) is 7.83. The predicted molar refractivity (Wildman–Crippen MR) is 250 cm³/mol. The number of fused-ring (bicyclic) bond motifs is 1. The third kappa shape index (κ3) is 8.26. The minimum Gasteiger partial charge on any atom is -0.507 e. The quantitative estimate of drug-likeness (QED) is 0.147. The van der Waals surface area contributed by atoms with Crippen LogP contribution in [0.1, 0.15) is 71.4 Å². The first kappa shape index (κ1) is 33.4. The van der Waals surface area contributed by atoms with Gasteiger partial charge >= 0.3 is 0 Å². The number of rotatable bonds is 9. The predicted octanol–water partition coefficient (Wildman–Crippen LogP) is 14.8. The number of aryl methyl sites for hydroxylation is 2. The van der Waals surface area contributed by atoms with E-state index in [0.29, 0.717) is 50.5 Å². The third-order valence-electron chi connectivity index (χ3n) is 11.1. The Morgan fingerprint density at radius 3 is 2.05 bits per heavy atom. The summed E-state index contributed by atoms with van der Waals surface area (Å²) in [5.41, 5.74) is 12.2. The SMILES string of the molecule is [2H]C([2H])([2H])c1ccc(-c2ccnc(-c3[c-]c(-c4cccc5c4nc(-c4ccccc4O)n5-c4ccc(-c5cc(C(C)C)cc(C([2H])(C)C)c5)cc4C([2H])([2H])[2H])cc(-c4ccccc4)c3)c2)cc1.[Pt]. The van der Waals surface area contributed by atoms with Crippen LogP contribution in [-0.2, 0) is 21.1 Å². The van der Waals surface area contributed by atoms with Crippen LogP contribution in [0, 0.1) is 19.8 Å². The van der Waals surface area contributed by atoms with Gasteiger partial charge in [-0.15, -0.1) is 23.8 Å². The molecule has 0 saturated heterocycles. The molecule has 0 amide bonds. The van der Waals surface area contributed by atoms with Crippen molar-refractivity contribution in [1.82, 2.24) is 14.5 Å². The number of phenols is 1. The van der Waals surface area contributed by atoms with Crippen molar-refractivity contribution in [3.05, 3.63) is 192 Å². The summed E-state index contributed by atoms with van der Waals surface area (Å²) in [6, 6.07) is 52.8. The fourth-order valence-electron chi connectivity index (χ4n) is 7.83. The van der Waals surface area contributed by atoms with Gasteiger partial charge in [0.05, 0.1) is 22.3 Å². The van der Waals surface area contributed by atoms with E-state index in [9.17, 15) is 5.11 Å². The number of imidazole rings is 1. The molecule has 2 heterocycles. The second kappa shape index (κ2) is 17.3. The second-order valence-electron chi connectivity index (χ2n) is 15.8. The monoisotopic (exact) mass is 980 g/mol. The molecule has 0 atom stereocenters. The van der Waals surface area contributed by atoms with E-state index in [1.165, 1.54) is 0 Å². The molecule has 0 aliphatic carbocycles. The molecule has 7 aromatic carbocycles. The van der Waals surface area contributed by atoms with Gasteiger partial charge in [-0.2, -0.15) is 0 Å². The van der Waals surface area contributed by atoms with E-state index < -0.39 is 19.6 Å². The smallest absolute Gasteiger partial charge is 0.148 e. The minimum atomic E-state index is -2.56. The number of aromatic nitrogens is 3. The van der Waals surface area contributed by atoms with E-state index in [-0.39, 0.29) is 43.9 Å². The zero-order valence-electron chi connectivity index (χ0n) is 41.3. The average Bonchev–Trinajstić information content (AvgIpc) is 3.70. The van der Waals surface area contributed by atoms with Gasteiger partial charge in [-0.25, -0.2) is 4.98 Å². The molecule has 9 aromatic rings. The summed E-state index contributed by atoms with van der Waals surface area (Å²) in [5.74, 6) is -0.337. The molecule has 9 rings (SSSR count). The summed E-state index contributed by atoms with van der Waals surface area (Å²) >= 11 is 0. The van der Waals surface area contributed by atoms with Gasteiger partial charge in [0.2, 0.25) is 0 Å².